The number of halogens is 3. The number of rotatable bonds is 4. The predicted molar refractivity (Wildman–Crippen MR) is 112 cm³/mol. The molecule has 12 heteroatoms. The van der Waals surface area contributed by atoms with Crippen LogP contribution in [0.4, 0.5) is 13.2 Å². The van der Waals surface area contributed by atoms with Gasteiger partial charge in [0.05, 0.1) is 16.4 Å². The van der Waals surface area contributed by atoms with Crippen LogP contribution in [0, 0.1) is 0 Å². The van der Waals surface area contributed by atoms with Gasteiger partial charge in [0.25, 0.3) is 17.4 Å². The molecule has 0 aliphatic heterocycles. The van der Waals surface area contributed by atoms with Crippen molar-refractivity contribution in [1.29, 1.82) is 0 Å². The van der Waals surface area contributed by atoms with Gasteiger partial charge in [0.15, 0.2) is 5.69 Å². The first-order chi connectivity index (χ1) is 15.7. The van der Waals surface area contributed by atoms with Crippen molar-refractivity contribution in [2.24, 2.45) is 0 Å². The molecule has 0 saturated heterocycles. The van der Waals surface area contributed by atoms with Gasteiger partial charge in [-0.25, -0.2) is 9.67 Å². The second-order valence-electron chi connectivity index (χ2n) is 7.03. The van der Waals surface area contributed by atoms with Gasteiger partial charge in [0.1, 0.15) is 6.54 Å². The number of hydrogen-bond donors (Lipinski definition) is 2. The number of aromatic nitrogens is 4. The lowest BCUT2D eigenvalue weighted by Gasteiger charge is -2.13. The maximum absolute atomic E-state index is 13.4. The Labute approximate surface area is 183 Å². The van der Waals surface area contributed by atoms with E-state index < -0.39 is 30.4 Å². The lowest BCUT2D eigenvalue weighted by molar-refractivity contribution is -0.147. The van der Waals surface area contributed by atoms with E-state index in [0.717, 1.165) is 9.25 Å². The van der Waals surface area contributed by atoms with Gasteiger partial charge in [0.2, 0.25) is 5.82 Å². The van der Waals surface area contributed by atoms with E-state index in [1.807, 2.05) is 0 Å². The van der Waals surface area contributed by atoms with Crippen LogP contribution in [0.3, 0.4) is 0 Å². The zero-order valence-electron chi connectivity index (χ0n) is 17.2. The monoisotopic (exact) mass is 458 g/mol. The topological polar surface area (TPSA) is 111 Å². The molecule has 33 heavy (non-hydrogen) atoms. The van der Waals surface area contributed by atoms with Gasteiger partial charge in [-0.15, -0.1) is 0 Å². The smallest absolute Gasteiger partial charge is 0.311 e. The fourth-order valence-corrected chi connectivity index (χ4v) is 3.44. The third-order valence-corrected chi connectivity index (χ3v) is 4.91. The molecule has 4 aromatic rings. The van der Waals surface area contributed by atoms with Crippen LogP contribution in [0.1, 0.15) is 23.2 Å². The molecule has 2 aromatic carbocycles. The van der Waals surface area contributed by atoms with Crippen molar-refractivity contribution in [3.8, 4) is 0 Å². The van der Waals surface area contributed by atoms with Gasteiger partial charge in [-0.05, 0) is 25.1 Å². The van der Waals surface area contributed by atoms with Gasteiger partial charge < -0.3 is 4.57 Å². The summed E-state index contributed by atoms with van der Waals surface area (Å²) in [4.78, 5) is 41.0. The average Bonchev–Trinajstić information content (AvgIpc) is 3.17. The number of imidazole rings is 1. The number of hydrazine groups is 1. The summed E-state index contributed by atoms with van der Waals surface area (Å²) in [7, 11) is 0. The number of fused-ring (bicyclic) bond motifs is 2. The predicted octanol–water partition coefficient (Wildman–Crippen LogP) is 2.25. The molecule has 0 radical (unpaired) electrons. The standard InChI is InChI=1S/C21H17F3N6O3/c1-2-30-19(33)13-8-4-3-7-12(13)17(28-30)18(32)27-26-16(31)11-29-15-10-6-5-9-14(15)25-20(29)21(22,23)24/h3-10H,2,11H2,1H3,(H,26,31)(H,27,32). The normalized spacial score (nSPS) is 11.6. The quantitative estimate of drug-likeness (QED) is 0.456. The van der Waals surface area contributed by atoms with Crippen LogP contribution in [0.15, 0.2) is 53.3 Å². The second-order valence-corrected chi connectivity index (χ2v) is 7.03. The third kappa shape index (κ3) is 4.14. The molecule has 0 spiro atoms. The van der Waals surface area contributed by atoms with Crippen molar-refractivity contribution in [1.82, 2.24) is 30.2 Å². The fourth-order valence-electron chi connectivity index (χ4n) is 3.44. The molecule has 0 unspecified atom stereocenters. The Morgan fingerprint density at radius 2 is 1.67 bits per heavy atom. The fraction of sp³-hybridized carbons (Fsp3) is 0.190. The first-order valence-electron chi connectivity index (χ1n) is 9.82. The molecule has 0 bridgehead atoms. The van der Waals surface area contributed by atoms with Crippen LogP contribution in [0.2, 0.25) is 0 Å². The number of para-hydroxylation sites is 2. The summed E-state index contributed by atoms with van der Waals surface area (Å²) in [5, 5.41) is 4.58. The van der Waals surface area contributed by atoms with E-state index in [-0.39, 0.29) is 39.6 Å². The first-order valence-corrected chi connectivity index (χ1v) is 9.82. The van der Waals surface area contributed by atoms with Gasteiger partial charge in [-0.3, -0.25) is 25.2 Å². The molecule has 2 N–H and O–H groups in total. The highest BCUT2D eigenvalue weighted by Gasteiger charge is 2.38. The largest absolute Gasteiger partial charge is 0.449 e. The Balaban J connectivity index is 1.57. The molecule has 0 saturated carbocycles. The molecule has 0 aliphatic rings. The first kappa shape index (κ1) is 22.0. The van der Waals surface area contributed by atoms with Crippen LogP contribution in [0.5, 0.6) is 0 Å². The van der Waals surface area contributed by atoms with E-state index >= 15 is 0 Å². The molecule has 2 aromatic heterocycles. The van der Waals surface area contributed by atoms with Crippen LogP contribution >= 0.6 is 0 Å². The lowest BCUT2D eigenvalue weighted by atomic mass is 10.1. The highest BCUT2D eigenvalue weighted by atomic mass is 19.4. The number of carbonyl (C=O) groups is 2. The summed E-state index contributed by atoms with van der Waals surface area (Å²) in [5.41, 5.74) is 3.96. The molecule has 2 amide bonds. The van der Waals surface area contributed by atoms with Gasteiger partial charge in [0, 0.05) is 11.9 Å². The number of amides is 2. The van der Waals surface area contributed by atoms with E-state index in [2.05, 4.69) is 20.9 Å². The molecule has 0 atom stereocenters. The van der Waals surface area contributed by atoms with Crippen LogP contribution in [-0.4, -0.2) is 31.1 Å². The number of carbonyl (C=O) groups excluding carboxylic acids is 2. The summed E-state index contributed by atoms with van der Waals surface area (Å²) < 4.78 is 42.0. The Hall–Kier alpha value is -4.22. The summed E-state index contributed by atoms with van der Waals surface area (Å²) in [6, 6.07) is 12.2. The highest BCUT2D eigenvalue weighted by Crippen LogP contribution is 2.31. The number of nitrogens with zero attached hydrogens (tertiary/aromatic N) is 4. The SMILES string of the molecule is CCn1nc(C(=O)NNC(=O)Cn2c(C(F)(F)F)nc3ccccc32)c2ccccc2c1=O. The van der Waals surface area contributed by atoms with Crippen molar-refractivity contribution in [2.45, 2.75) is 26.2 Å². The third-order valence-electron chi connectivity index (χ3n) is 4.91. The Kier molecular flexibility index (Phi) is 5.58. The van der Waals surface area contributed by atoms with Crippen LogP contribution in [-0.2, 0) is 24.1 Å². The zero-order valence-corrected chi connectivity index (χ0v) is 17.2. The zero-order chi connectivity index (χ0) is 23.8. The summed E-state index contributed by atoms with van der Waals surface area (Å²) in [6.07, 6.45) is -4.78. The van der Waals surface area contributed by atoms with E-state index in [4.69, 9.17) is 0 Å². The van der Waals surface area contributed by atoms with E-state index in [0.29, 0.717) is 0 Å². The van der Waals surface area contributed by atoms with E-state index in [1.165, 1.54) is 30.3 Å². The lowest BCUT2D eigenvalue weighted by Crippen LogP contribution is -2.44. The minimum atomic E-state index is -4.78. The van der Waals surface area contributed by atoms with Crippen molar-refractivity contribution < 1.29 is 22.8 Å². The second kappa shape index (κ2) is 8.37. The molecule has 170 valence electrons. The molecular formula is C21H17F3N6O3. The molecule has 0 aliphatic carbocycles. The van der Waals surface area contributed by atoms with E-state index in [1.54, 1.807) is 25.1 Å². The number of nitrogens with one attached hydrogen (secondary N) is 2. The van der Waals surface area contributed by atoms with Crippen LogP contribution < -0.4 is 16.4 Å². The van der Waals surface area contributed by atoms with Gasteiger partial charge in [-0.2, -0.15) is 18.3 Å². The highest BCUT2D eigenvalue weighted by molar-refractivity contribution is 6.05. The molecular weight excluding hydrogens is 441 g/mol. The minimum absolute atomic E-state index is 0.0825. The number of benzene rings is 2. The van der Waals surface area contributed by atoms with Crippen molar-refractivity contribution in [3.63, 3.8) is 0 Å². The van der Waals surface area contributed by atoms with Crippen molar-refractivity contribution in [3.05, 3.63) is 70.4 Å². The van der Waals surface area contributed by atoms with Crippen molar-refractivity contribution in [2.75, 3.05) is 0 Å². The summed E-state index contributed by atoms with van der Waals surface area (Å²) in [6.45, 7) is 1.16. The van der Waals surface area contributed by atoms with E-state index in [9.17, 15) is 27.6 Å². The number of alkyl halides is 3. The van der Waals surface area contributed by atoms with Crippen LogP contribution in [0.25, 0.3) is 21.8 Å². The Bertz CT molecular complexity index is 1440. The van der Waals surface area contributed by atoms with Crippen molar-refractivity contribution >= 4 is 33.6 Å². The summed E-state index contributed by atoms with van der Waals surface area (Å²) in [5.74, 6) is -2.97. The maximum atomic E-state index is 13.4. The molecule has 4 rings (SSSR count). The minimum Gasteiger partial charge on any atom is -0.311 e. The van der Waals surface area contributed by atoms with Gasteiger partial charge in [-0.1, -0.05) is 30.3 Å². The average molecular weight is 458 g/mol. The maximum Gasteiger partial charge on any atom is 0.449 e. The molecule has 9 nitrogen and oxygen atoms in total. The Morgan fingerprint density at radius 3 is 2.36 bits per heavy atom. The Morgan fingerprint density at radius 1 is 1.00 bits per heavy atom. The number of hydrogen-bond acceptors (Lipinski definition) is 5. The van der Waals surface area contributed by atoms with Gasteiger partial charge >= 0.3 is 6.18 Å². The number of aryl methyl sites for hydroxylation is 1. The summed E-state index contributed by atoms with van der Waals surface area (Å²) >= 11 is 0. The molecule has 0 fully saturated rings. The molecule has 2 heterocycles.